The van der Waals surface area contributed by atoms with Gasteiger partial charge in [0.25, 0.3) is 5.69 Å². The Kier molecular flexibility index (Phi) is 5.76. The maximum Gasteiger partial charge on any atom is 0.288 e. The van der Waals surface area contributed by atoms with Crippen molar-refractivity contribution in [3.63, 3.8) is 0 Å². The number of nitro groups is 1. The van der Waals surface area contributed by atoms with Gasteiger partial charge in [-0.25, -0.2) is 13.8 Å². The van der Waals surface area contributed by atoms with Crippen LogP contribution in [0.2, 0.25) is 5.02 Å². The number of anilines is 1. The van der Waals surface area contributed by atoms with E-state index in [1.807, 2.05) is 0 Å². The number of rotatable bonds is 5. The zero-order valence-corrected chi connectivity index (χ0v) is 15.4. The summed E-state index contributed by atoms with van der Waals surface area (Å²) in [6, 6.07) is 7.54. The number of nitrogens with one attached hydrogen (secondary N) is 1. The topological polar surface area (TPSA) is 85.1 Å². The highest BCUT2D eigenvalue weighted by Crippen LogP contribution is 2.27. The molecule has 0 aliphatic heterocycles. The minimum Gasteiger partial charge on any atom is -0.298 e. The lowest BCUT2D eigenvalue weighted by Crippen LogP contribution is -2.07. The van der Waals surface area contributed by atoms with Crippen molar-refractivity contribution in [2.45, 2.75) is 0 Å². The Balaban J connectivity index is 1.69. The number of hydrogen-bond acceptors (Lipinski definition) is 5. The van der Waals surface area contributed by atoms with E-state index < -0.39 is 22.5 Å². The van der Waals surface area contributed by atoms with Gasteiger partial charge < -0.3 is 0 Å². The molecule has 0 aliphatic rings. The molecule has 142 valence electrons. The van der Waals surface area contributed by atoms with Gasteiger partial charge in [-0.2, -0.15) is 0 Å². The van der Waals surface area contributed by atoms with E-state index in [-0.39, 0.29) is 15.8 Å². The summed E-state index contributed by atoms with van der Waals surface area (Å²) in [5.74, 6) is -2.46. The molecule has 1 heterocycles. The first-order valence-electron chi connectivity index (χ1n) is 7.67. The van der Waals surface area contributed by atoms with Crippen molar-refractivity contribution in [3.05, 3.63) is 80.2 Å². The number of aromatic nitrogens is 1. The quantitative estimate of drug-likeness (QED) is 0.344. The van der Waals surface area contributed by atoms with Crippen LogP contribution in [0.5, 0.6) is 0 Å². The number of carbonyl (C=O) groups excluding carboxylic acids is 1. The average molecular weight is 422 g/mol. The van der Waals surface area contributed by atoms with Crippen molar-refractivity contribution >= 4 is 45.7 Å². The van der Waals surface area contributed by atoms with Crippen molar-refractivity contribution < 1.29 is 18.5 Å². The molecule has 0 atom stereocenters. The molecule has 28 heavy (non-hydrogen) atoms. The molecule has 3 aromatic rings. The van der Waals surface area contributed by atoms with E-state index in [0.717, 1.165) is 23.5 Å². The van der Waals surface area contributed by atoms with Gasteiger partial charge in [-0.05, 0) is 35.9 Å². The second kappa shape index (κ2) is 8.24. The molecule has 0 spiro atoms. The first-order chi connectivity index (χ1) is 13.3. The molecule has 2 aromatic carbocycles. The lowest BCUT2D eigenvalue weighted by molar-refractivity contribution is -0.384. The summed E-state index contributed by atoms with van der Waals surface area (Å²) in [5.41, 5.74) is 0.921. The van der Waals surface area contributed by atoms with Crippen LogP contribution in [0.1, 0.15) is 5.56 Å². The molecule has 0 fully saturated rings. The van der Waals surface area contributed by atoms with Crippen LogP contribution in [0.3, 0.4) is 0 Å². The highest BCUT2D eigenvalue weighted by Gasteiger charge is 2.12. The van der Waals surface area contributed by atoms with E-state index >= 15 is 0 Å². The Morgan fingerprint density at radius 2 is 2.00 bits per heavy atom. The third-order valence-corrected chi connectivity index (χ3v) is 4.62. The van der Waals surface area contributed by atoms with Gasteiger partial charge in [0.2, 0.25) is 5.91 Å². The highest BCUT2D eigenvalue weighted by atomic mass is 35.5. The van der Waals surface area contributed by atoms with Gasteiger partial charge in [0.15, 0.2) is 16.8 Å². The largest absolute Gasteiger partial charge is 0.298 e. The Morgan fingerprint density at radius 1 is 1.21 bits per heavy atom. The lowest BCUT2D eigenvalue weighted by atomic mass is 10.2. The molecule has 0 unspecified atom stereocenters. The number of benzene rings is 2. The first-order valence-corrected chi connectivity index (χ1v) is 8.93. The molecule has 0 saturated heterocycles. The summed E-state index contributed by atoms with van der Waals surface area (Å²) in [5, 5.41) is 15.3. The van der Waals surface area contributed by atoms with E-state index in [1.54, 1.807) is 5.38 Å². The molecule has 0 aliphatic carbocycles. The normalized spacial score (nSPS) is 11.0. The second-order valence-corrected chi connectivity index (χ2v) is 6.72. The molecule has 3 rings (SSSR count). The molecule has 0 radical (unpaired) electrons. The number of nitrogens with zero attached hydrogens (tertiary/aromatic N) is 2. The Bertz CT molecular complexity index is 1100. The maximum atomic E-state index is 13.3. The fourth-order valence-corrected chi connectivity index (χ4v) is 3.12. The molecule has 0 saturated carbocycles. The van der Waals surface area contributed by atoms with Crippen molar-refractivity contribution in [2.75, 3.05) is 5.32 Å². The second-order valence-electron chi connectivity index (χ2n) is 5.46. The number of carbonyl (C=O) groups is 1. The van der Waals surface area contributed by atoms with Crippen LogP contribution in [0, 0.1) is 21.7 Å². The van der Waals surface area contributed by atoms with Crippen LogP contribution >= 0.6 is 22.9 Å². The molecule has 0 bridgehead atoms. The summed E-state index contributed by atoms with van der Waals surface area (Å²) in [7, 11) is 0. The van der Waals surface area contributed by atoms with Crippen LogP contribution < -0.4 is 5.32 Å². The molecular formula is C18H10ClF2N3O3S. The Labute approximate surface area is 166 Å². The average Bonchev–Trinajstić information content (AvgIpc) is 3.11. The smallest absolute Gasteiger partial charge is 0.288 e. The van der Waals surface area contributed by atoms with Gasteiger partial charge in [-0.1, -0.05) is 17.7 Å². The van der Waals surface area contributed by atoms with Gasteiger partial charge in [0.1, 0.15) is 5.02 Å². The number of hydrogen-bond donors (Lipinski definition) is 1. The summed E-state index contributed by atoms with van der Waals surface area (Å²) in [6.07, 6.45) is 2.58. The van der Waals surface area contributed by atoms with Gasteiger partial charge >= 0.3 is 0 Å². The molecule has 1 aromatic heterocycles. The van der Waals surface area contributed by atoms with E-state index in [4.69, 9.17) is 11.6 Å². The monoisotopic (exact) mass is 421 g/mol. The van der Waals surface area contributed by atoms with Crippen molar-refractivity contribution in [1.29, 1.82) is 0 Å². The molecule has 1 N–H and O–H groups in total. The number of halogens is 3. The molecule has 1 amide bonds. The minimum atomic E-state index is -0.990. The van der Waals surface area contributed by atoms with Gasteiger partial charge in [0, 0.05) is 23.1 Å². The van der Waals surface area contributed by atoms with Gasteiger partial charge in [-0.3, -0.25) is 20.2 Å². The third kappa shape index (κ3) is 4.56. The highest BCUT2D eigenvalue weighted by molar-refractivity contribution is 7.14. The maximum absolute atomic E-state index is 13.3. The third-order valence-electron chi connectivity index (χ3n) is 3.54. The Morgan fingerprint density at radius 3 is 2.71 bits per heavy atom. The molecule has 10 heteroatoms. The zero-order chi connectivity index (χ0) is 20.3. The van der Waals surface area contributed by atoms with E-state index in [1.165, 1.54) is 36.4 Å². The summed E-state index contributed by atoms with van der Waals surface area (Å²) in [6.45, 7) is 0. The van der Waals surface area contributed by atoms with Crippen LogP contribution in [0.25, 0.3) is 17.3 Å². The van der Waals surface area contributed by atoms with E-state index in [0.29, 0.717) is 16.8 Å². The lowest BCUT2D eigenvalue weighted by Gasteiger charge is -1.99. The molecular weight excluding hydrogens is 412 g/mol. The predicted molar refractivity (Wildman–Crippen MR) is 103 cm³/mol. The van der Waals surface area contributed by atoms with Crippen molar-refractivity contribution in [1.82, 2.24) is 4.98 Å². The zero-order valence-electron chi connectivity index (χ0n) is 13.9. The standard InChI is InChI=1S/C18H10ClF2N3O3S/c19-12-4-1-10(7-16(12)24(26)27)2-6-17(25)23-18-22-15(9-28-18)11-3-5-13(20)14(21)8-11/h1-9H,(H,22,23,25)/b6-2+. The van der Waals surface area contributed by atoms with Crippen LogP contribution in [-0.4, -0.2) is 15.8 Å². The minimum absolute atomic E-state index is 0.000790. The fourth-order valence-electron chi connectivity index (χ4n) is 2.21. The van der Waals surface area contributed by atoms with Gasteiger partial charge in [0.05, 0.1) is 10.6 Å². The number of amides is 1. The van der Waals surface area contributed by atoms with Crippen molar-refractivity contribution in [2.24, 2.45) is 0 Å². The van der Waals surface area contributed by atoms with E-state index in [2.05, 4.69) is 10.3 Å². The van der Waals surface area contributed by atoms with E-state index in [9.17, 15) is 23.7 Å². The summed E-state index contributed by atoms with van der Waals surface area (Å²) >= 11 is 6.85. The van der Waals surface area contributed by atoms with Crippen molar-refractivity contribution in [3.8, 4) is 11.3 Å². The molecule has 6 nitrogen and oxygen atoms in total. The Hall–Kier alpha value is -3.17. The van der Waals surface area contributed by atoms with Gasteiger partial charge in [-0.15, -0.1) is 11.3 Å². The summed E-state index contributed by atoms with van der Waals surface area (Å²) in [4.78, 5) is 26.4. The predicted octanol–water partition coefficient (Wildman–Crippen LogP) is 5.30. The fraction of sp³-hybridized carbons (Fsp3) is 0. The number of thiazole rings is 1. The van der Waals surface area contributed by atoms with Crippen LogP contribution in [-0.2, 0) is 4.79 Å². The first kappa shape index (κ1) is 19.6. The van der Waals surface area contributed by atoms with Crippen LogP contribution in [0.4, 0.5) is 19.6 Å². The van der Waals surface area contributed by atoms with Crippen LogP contribution in [0.15, 0.2) is 47.9 Å². The summed E-state index contributed by atoms with van der Waals surface area (Å²) < 4.78 is 26.3. The number of nitro benzene ring substituents is 1. The SMILES string of the molecule is O=C(/C=C/c1ccc(Cl)c([N+](=O)[O-])c1)Nc1nc(-c2ccc(F)c(F)c2)cs1.